The number of aryl methyl sites for hydroxylation is 1. The number of rotatable bonds is 8. The number of ether oxygens (including phenoxy) is 2. The van der Waals surface area contributed by atoms with Crippen molar-refractivity contribution in [3.63, 3.8) is 0 Å². The van der Waals surface area contributed by atoms with Crippen LogP contribution in [-0.2, 0) is 6.42 Å². The highest BCUT2D eigenvalue weighted by Gasteiger charge is 2.27. The summed E-state index contributed by atoms with van der Waals surface area (Å²) < 4.78 is 30.8. The van der Waals surface area contributed by atoms with E-state index in [1.807, 2.05) is 18.2 Å². The first-order valence-corrected chi connectivity index (χ1v) is 11.9. The number of hydrogen-bond donors (Lipinski definition) is 0. The highest BCUT2D eigenvalue weighted by Crippen LogP contribution is 2.41. The van der Waals surface area contributed by atoms with E-state index in [1.54, 1.807) is 13.2 Å². The Hall–Kier alpha value is -3.54. The van der Waals surface area contributed by atoms with Gasteiger partial charge in [-0.25, -0.2) is 4.39 Å². The first-order valence-electron chi connectivity index (χ1n) is 11.9. The molecule has 0 atom stereocenters. The summed E-state index contributed by atoms with van der Waals surface area (Å²) in [4.78, 5) is 2.34. The van der Waals surface area contributed by atoms with E-state index in [1.165, 1.54) is 17.7 Å². The molecule has 0 aliphatic carbocycles. The summed E-state index contributed by atoms with van der Waals surface area (Å²) in [5, 5.41) is 5.17. The molecule has 0 bridgehead atoms. The van der Waals surface area contributed by atoms with Crippen LogP contribution < -0.4 is 14.4 Å². The molecule has 0 N–H and O–H groups in total. The van der Waals surface area contributed by atoms with Crippen LogP contribution in [0.25, 0.3) is 11.0 Å². The van der Waals surface area contributed by atoms with Crippen molar-refractivity contribution < 1.29 is 18.4 Å². The van der Waals surface area contributed by atoms with Gasteiger partial charge in [-0.3, -0.25) is 0 Å². The quantitative estimate of drug-likeness (QED) is 0.286. The fraction of sp³-hybridized carbons (Fsp3) is 0.321. The lowest BCUT2D eigenvalue weighted by Crippen LogP contribution is -2.33. The van der Waals surface area contributed by atoms with Gasteiger partial charge in [-0.15, -0.1) is 0 Å². The van der Waals surface area contributed by atoms with Crippen LogP contribution in [0.5, 0.6) is 11.5 Å². The fourth-order valence-electron chi connectivity index (χ4n) is 4.79. The Labute approximate surface area is 199 Å². The number of benzene rings is 3. The zero-order valence-corrected chi connectivity index (χ0v) is 19.4. The van der Waals surface area contributed by atoms with E-state index >= 15 is 0 Å². The van der Waals surface area contributed by atoms with Crippen LogP contribution in [0.2, 0.25) is 0 Å². The van der Waals surface area contributed by atoms with Crippen molar-refractivity contribution in [2.75, 3.05) is 31.7 Å². The molecule has 1 aliphatic heterocycles. The molecule has 176 valence electrons. The molecule has 2 heterocycles. The normalized spacial score (nSPS) is 14.5. The van der Waals surface area contributed by atoms with Gasteiger partial charge in [0.1, 0.15) is 5.82 Å². The van der Waals surface area contributed by atoms with E-state index in [0.29, 0.717) is 12.2 Å². The van der Waals surface area contributed by atoms with E-state index in [2.05, 4.69) is 40.4 Å². The molecule has 0 amide bonds. The lowest BCUT2D eigenvalue weighted by atomic mass is 9.91. The minimum Gasteiger partial charge on any atom is -0.491 e. The van der Waals surface area contributed by atoms with Crippen molar-refractivity contribution in [3.8, 4) is 11.5 Å². The van der Waals surface area contributed by atoms with Crippen LogP contribution in [-0.4, -0.2) is 32.0 Å². The third-order valence-corrected chi connectivity index (χ3v) is 6.56. The summed E-state index contributed by atoms with van der Waals surface area (Å²) in [6.07, 6.45) is 3.80. The van der Waals surface area contributed by atoms with Gasteiger partial charge in [0.05, 0.1) is 25.1 Å². The van der Waals surface area contributed by atoms with Crippen LogP contribution in [0.3, 0.4) is 0 Å². The minimum atomic E-state index is -0.306. The summed E-state index contributed by atoms with van der Waals surface area (Å²) >= 11 is 0. The largest absolute Gasteiger partial charge is 0.491 e. The molecule has 0 unspecified atom stereocenters. The Balaban J connectivity index is 1.22. The van der Waals surface area contributed by atoms with E-state index in [4.69, 9.17) is 14.0 Å². The predicted octanol–water partition coefficient (Wildman–Crippen LogP) is 6.37. The average Bonchev–Trinajstić information content (AvgIpc) is 3.30. The lowest BCUT2D eigenvalue weighted by molar-refractivity contribution is 0.289. The maximum absolute atomic E-state index is 13.5. The second-order valence-electron chi connectivity index (χ2n) is 8.72. The Morgan fingerprint density at radius 3 is 2.65 bits per heavy atom. The SMILES string of the molecule is COc1c(OCCCc2ccccc2)cccc1N1CCC(c2noc3cc(F)ccc23)CC1. The maximum Gasteiger partial charge on any atom is 0.184 e. The fourth-order valence-corrected chi connectivity index (χ4v) is 4.79. The van der Waals surface area contributed by atoms with Gasteiger partial charge in [-0.2, -0.15) is 0 Å². The molecule has 1 fully saturated rings. The lowest BCUT2D eigenvalue weighted by Gasteiger charge is -2.34. The molecule has 1 aliphatic rings. The van der Waals surface area contributed by atoms with Gasteiger partial charge < -0.3 is 18.9 Å². The Morgan fingerprint density at radius 2 is 1.85 bits per heavy atom. The zero-order chi connectivity index (χ0) is 23.3. The molecular formula is C28H29FN2O3. The highest BCUT2D eigenvalue weighted by molar-refractivity contribution is 5.80. The standard InChI is InChI=1S/C28H29FN2O3/c1-32-28-24(10-5-11-25(28)33-18-6-9-20-7-3-2-4-8-20)31-16-14-21(15-17-31)27-23-13-12-22(29)19-26(23)34-30-27/h2-5,7-8,10-13,19,21H,6,9,14-18H2,1H3. The number of hydrogen-bond acceptors (Lipinski definition) is 5. The van der Waals surface area contributed by atoms with E-state index in [9.17, 15) is 4.39 Å². The molecule has 1 aromatic heterocycles. The molecule has 34 heavy (non-hydrogen) atoms. The van der Waals surface area contributed by atoms with E-state index in [0.717, 1.165) is 67.0 Å². The van der Waals surface area contributed by atoms with Gasteiger partial charge in [0, 0.05) is 30.5 Å². The van der Waals surface area contributed by atoms with Gasteiger partial charge in [0.15, 0.2) is 17.1 Å². The van der Waals surface area contributed by atoms with Crippen molar-refractivity contribution in [2.24, 2.45) is 0 Å². The summed E-state index contributed by atoms with van der Waals surface area (Å²) in [6.45, 7) is 2.37. The van der Waals surface area contributed by atoms with Gasteiger partial charge in [-0.05, 0) is 55.5 Å². The number of aromatic nitrogens is 1. The van der Waals surface area contributed by atoms with E-state index < -0.39 is 0 Å². The van der Waals surface area contributed by atoms with Crippen molar-refractivity contribution in [3.05, 3.63) is 83.8 Å². The monoisotopic (exact) mass is 460 g/mol. The third kappa shape index (κ3) is 4.72. The number of piperidine rings is 1. The number of methoxy groups -OCH3 is 1. The van der Waals surface area contributed by atoms with Crippen LogP contribution in [0.15, 0.2) is 71.3 Å². The molecule has 4 aromatic rings. The predicted molar refractivity (Wildman–Crippen MR) is 131 cm³/mol. The van der Waals surface area contributed by atoms with Crippen LogP contribution in [0, 0.1) is 5.82 Å². The molecule has 5 nitrogen and oxygen atoms in total. The van der Waals surface area contributed by atoms with Gasteiger partial charge in [-0.1, -0.05) is 41.6 Å². The Morgan fingerprint density at radius 1 is 1.03 bits per heavy atom. The maximum atomic E-state index is 13.5. The Kier molecular flexibility index (Phi) is 6.65. The second kappa shape index (κ2) is 10.2. The zero-order valence-electron chi connectivity index (χ0n) is 19.4. The van der Waals surface area contributed by atoms with Crippen molar-refractivity contribution in [1.82, 2.24) is 5.16 Å². The van der Waals surface area contributed by atoms with Crippen LogP contribution in [0.1, 0.15) is 36.4 Å². The molecule has 1 saturated heterocycles. The summed E-state index contributed by atoms with van der Waals surface area (Å²) in [6, 6.07) is 21.2. The number of fused-ring (bicyclic) bond motifs is 1. The summed E-state index contributed by atoms with van der Waals surface area (Å²) in [7, 11) is 1.70. The minimum absolute atomic E-state index is 0.284. The van der Waals surface area contributed by atoms with Gasteiger partial charge in [0.2, 0.25) is 0 Å². The molecule has 0 saturated carbocycles. The van der Waals surface area contributed by atoms with Gasteiger partial charge in [0.25, 0.3) is 0 Å². The van der Waals surface area contributed by atoms with E-state index in [-0.39, 0.29) is 11.7 Å². The molecule has 0 radical (unpaired) electrons. The highest BCUT2D eigenvalue weighted by atomic mass is 19.1. The summed E-state index contributed by atoms with van der Waals surface area (Å²) in [5.41, 5.74) is 3.81. The first kappa shape index (κ1) is 22.3. The molecule has 0 spiro atoms. The second-order valence-corrected chi connectivity index (χ2v) is 8.72. The molecule has 6 heteroatoms. The number of para-hydroxylation sites is 1. The van der Waals surface area contributed by atoms with Crippen LogP contribution >= 0.6 is 0 Å². The smallest absolute Gasteiger partial charge is 0.184 e. The first-order chi connectivity index (χ1) is 16.7. The van der Waals surface area contributed by atoms with Crippen molar-refractivity contribution >= 4 is 16.7 Å². The number of halogens is 1. The van der Waals surface area contributed by atoms with Crippen LogP contribution in [0.4, 0.5) is 10.1 Å². The van der Waals surface area contributed by atoms with Gasteiger partial charge >= 0.3 is 0 Å². The van der Waals surface area contributed by atoms with Crippen molar-refractivity contribution in [2.45, 2.75) is 31.6 Å². The third-order valence-electron chi connectivity index (χ3n) is 6.56. The Bertz CT molecular complexity index is 1230. The number of anilines is 1. The topological polar surface area (TPSA) is 47.7 Å². The summed E-state index contributed by atoms with van der Waals surface area (Å²) in [5.74, 6) is 1.54. The average molecular weight is 461 g/mol. The molecule has 3 aromatic carbocycles. The molecule has 5 rings (SSSR count). The number of nitrogens with zero attached hydrogens (tertiary/aromatic N) is 2. The molecular weight excluding hydrogens is 431 g/mol. The van der Waals surface area contributed by atoms with Crippen molar-refractivity contribution in [1.29, 1.82) is 0 Å².